The summed E-state index contributed by atoms with van der Waals surface area (Å²) in [4.78, 5) is 6.32. The molecule has 3 nitrogen and oxygen atoms in total. The third kappa shape index (κ3) is 1.94. The van der Waals surface area contributed by atoms with Gasteiger partial charge in [0.15, 0.2) is 0 Å². The van der Waals surface area contributed by atoms with E-state index in [9.17, 15) is 0 Å². The molecular weight excluding hydrogens is 170 g/mol. The summed E-state index contributed by atoms with van der Waals surface area (Å²) in [5, 5.41) is 0.996. The smallest absolute Gasteiger partial charge is 0.204 e. The van der Waals surface area contributed by atoms with Crippen molar-refractivity contribution in [2.75, 3.05) is 11.9 Å². The Balaban J connectivity index is 2.65. The molecule has 0 aromatic carbocycles. The second-order valence-corrected chi connectivity index (χ2v) is 4.08. The summed E-state index contributed by atoms with van der Waals surface area (Å²) < 4.78 is 3.97. The van der Waals surface area contributed by atoms with Crippen LogP contribution in [-0.4, -0.2) is 22.4 Å². The molecule has 0 saturated heterocycles. The molecule has 0 N–H and O–H groups in total. The van der Waals surface area contributed by atoms with E-state index in [1.807, 2.05) is 0 Å². The zero-order chi connectivity index (χ0) is 9.14. The van der Waals surface area contributed by atoms with Crippen LogP contribution < -0.4 is 4.90 Å². The van der Waals surface area contributed by atoms with E-state index in [1.165, 1.54) is 11.5 Å². The van der Waals surface area contributed by atoms with Crippen LogP contribution in [-0.2, 0) is 0 Å². The van der Waals surface area contributed by atoms with Gasteiger partial charge in [-0.3, -0.25) is 0 Å². The first-order valence-corrected chi connectivity index (χ1v) is 4.89. The van der Waals surface area contributed by atoms with Gasteiger partial charge >= 0.3 is 0 Å². The zero-order valence-electron chi connectivity index (χ0n) is 7.98. The van der Waals surface area contributed by atoms with E-state index in [2.05, 4.69) is 42.1 Å². The number of hydrogen-bond acceptors (Lipinski definition) is 4. The lowest BCUT2D eigenvalue weighted by molar-refractivity contribution is 0.505. The Morgan fingerprint density at radius 2 is 2.08 bits per heavy atom. The van der Waals surface area contributed by atoms with Crippen molar-refractivity contribution in [3.8, 4) is 0 Å². The summed E-state index contributed by atoms with van der Waals surface area (Å²) in [6.07, 6.45) is 1.60. The highest BCUT2D eigenvalue weighted by molar-refractivity contribution is 7.09. The second-order valence-electron chi connectivity index (χ2n) is 3.32. The lowest BCUT2D eigenvalue weighted by atomic mass is 10.1. The molecule has 0 amide bonds. The van der Waals surface area contributed by atoms with E-state index in [1.54, 1.807) is 6.33 Å². The number of aromatic nitrogens is 2. The van der Waals surface area contributed by atoms with Gasteiger partial charge in [-0.05, 0) is 12.8 Å². The molecule has 0 fully saturated rings. The standard InChI is InChI=1S/C8H15N3S/c1-6(2)7(3)11(4)8-9-5-10-12-8/h5-7H,1-4H3. The topological polar surface area (TPSA) is 29.0 Å². The highest BCUT2D eigenvalue weighted by Gasteiger charge is 2.15. The van der Waals surface area contributed by atoms with Gasteiger partial charge in [0.1, 0.15) is 6.33 Å². The van der Waals surface area contributed by atoms with Crippen molar-refractivity contribution in [2.45, 2.75) is 26.8 Å². The van der Waals surface area contributed by atoms with Crippen LogP contribution in [0.5, 0.6) is 0 Å². The molecule has 1 heterocycles. The van der Waals surface area contributed by atoms with Crippen LogP contribution in [0.1, 0.15) is 20.8 Å². The third-order valence-electron chi connectivity index (χ3n) is 2.23. The Hall–Kier alpha value is -0.640. The third-order valence-corrected chi connectivity index (χ3v) is 2.98. The number of rotatable bonds is 3. The first kappa shape index (κ1) is 9.45. The monoisotopic (exact) mass is 185 g/mol. The molecule has 0 aliphatic carbocycles. The van der Waals surface area contributed by atoms with Gasteiger partial charge in [0.2, 0.25) is 5.13 Å². The van der Waals surface area contributed by atoms with E-state index in [0.717, 1.165) is 5.13 Å². The summed E-state index contributed by atoms with van der Waals surface area (Å²) in [6, 6.07) is 0.512. The van der Waals surface area contributed by atoms with Crippen LogP contribution in [0.15, 0.2) is 6.33 Å². The Morgan fingerprint density at radius 1 is 1.42 bits per heavy atom. The van der Waals surface area contributed by atoms with Gasteiger partial charge in [-0.15, -0.1) is 0 Å². The van der Waals surface area contributed by atoms with Gasteiger partial charge in [-0.1, -0.05) is 13.8 Å². The molecule has 12 heavy (non-hydrogen) atoms. The highest BCUT2D eigenvalue weighted by atomic mass is 32.1. The van der Waals surface area contributed by atoms with Crippen LogP contribution in [0.2, 0.25) is 0 Å². The van der Waals surface area contributed by atoms with Gasteiger partial charge in [-0.25, -0.2) is 4.98 Å². The van der Waals surface area contributed by atoms with Crippen LogP contribution in [0.4, 0.5) is 5.13 Å². The van der Waals surface area contributed by atoms with Gasteiger partial charge < -0.3 is 4.90 Å². The van der Waals surface area contributed by atoms with Crippen LogP contribution in [0.25, 0.3) is 0 Å². The molecule has 1 aromatic heterocycles. The van der Waals surface area contributed by atoms with Crippen LogP contribution in [0, 0.1) is 5.92 Å². The van der Waals surface area contributed by atoms with Crippen molar-refractivity contribution in [3.05, 3.63) is 6.33 Å². The maximum atomic E-state index is 4.15. The molecule has 0 saturated carbocycles. The maximum absolute atomic E-state index is 4.15. The number of nitrogens with zero attached hydrogens (tertiary/aromatic N) is 3. The second kappa shape index (κ2) is 3.85. The van der Waals surface area contributed by atoms with E-state index in [4.69, 9.17) is 0 Å². The zero-order valence-corrected chi connectivity index (χ0v) is 8.80. The fourth-order valence-electron chi connectivity index (χ4n) is 0.944. The summed E-state index contributed by atoms with van der Waals surface area (Å²) in [6.45, 7) is 6.62. The highest BCUT2D eigenvalue weighted by Crippen LogP contribution is 2.18. The average molecular weight is 185 g/mol. The van der Waals surface area contributed by atoms with Gasteiger partial charge in [0.05, 0.1) is 0 Å². The minimum atomic E-state index is 0.512. The van der Waals surface area contributed by atoms with Crippen molar-refractivity contribution in [1.29, 1.82) is 0 Å². The molecule has 1 rings (SSSR count). The largest absolute Gasteiger partial charge is 0.347 e. The molecule has 1 unspecified atom stereocenters. The Morgan fingerprint density at radius 3 is 2.50 bits per heavy atom. The maximum Gasteiger partial charge on any atom is 0.204 e. The molecule has 4 heteroatoms. The molecule has 68 valence electrons. The van der Waals surface area contributed by atoms with E-state index in [0.29, 0.717) is 12.0 Å². The first-order valence-electron chi connectivity index (χ1n) is 4.12. The lowest BCUT2D eigenvalue weighted by Crippen LogP contribution is -2.32. The minimum absolute atomic E-state index is 0.512. The predicted octanol–water partition coefficient (Wildman–Crippen LogP) is 2.02. The Labute approximate surface area is 77.6 Å². The summed E-state index contributed by atoms with van der Waals surface area (Å²) >= 11 is 1.44. The average Bonchev–Trinajstić information content (AvgIpc) is 2.53. The summed E-state index contributed by atoms with van der Waals surface area (Å²) in [5.41, 5.74) is 0. The van der Waals surface area contributed by atoms with Crippen molar-refractivity contribution in [2.24, 2.45) is 5.92 Å². The van der Waals surface area contributed by atoms with Crippen molar-refractivity contribution in [3.63, 3.8) is 0 Å². The number of anilines is 1. The lowest BCUT2D eigenvalue weighted by Gasteiger charge is -2.26. The van der Waals surface area contributed by atoms with Gasteiger partial charge in [-0.2, -0.15) is 4.37 Å². The quantitative estimate of drug-likeness (QED) is 0.721. The molecule has 0 aliphatic heterocycles. The minimum Gasteiger partial charge on any atom is -0.347 e. The van der Waals surface area contributed by atoms with E-state index >= 15 is 0 Å². The SMILES string of the molecule is CC(C)C(C)N(C)c1ncns1. The van der Waals surface area contributed by atoms with Crippen LogP contribution in [0.3, 0.4) is 0 Å². The van der Waals surface area contributed by atoms with E-state index in [-0.39, 0.29) is 0 Å². The van der Waals surface area contributed by atoms with Crippen molar-refractivity contribution < 1.29 is 0 Å². The van der Waals surface area contributed by atoms with Gasteiger partial charge in [0, 0.05) is 24.6 Å². The first-order chi connectivity index (χ1) is 5.63. The molecule has 0 spiro atoms. The summed E-state index contributed by atoms with van der Waals surface area (Å²) in [5.74, 6) is 0.638. The van der Waals surface area contributed by atoms with Crippen molar-refractivity contribution in [1.82, 2.24) is 9.36 Å². The van der Waals surface area contributed by atoms with Gasteiger partial charge in [0.25, 0.3) is 0 Å². The van der Waals surface area contributed by atoms with E-state index < -0.39 is 0 Å². The Bertz CT molecular complexity index is 220. The molecule has 1 aromatic rings. The predicted molar refractivity (Wildman–Crippen MR) is 52.6 cm³/mol. The fourth-order valence-corrected chi connectivity index (χ4v) is 1.52. The number of hydrogen-bond donors (Lipinski definition) is 0. The molecule has 1 atom stereocenters. The van der Waals surface area contributed by atoms with Crippen LogP contribution >= 0.6 is 11.5 Å². The molecular formula is C8H15N3S. The molecule has 0 aliphatic rings. The normalized spacial score (nSPS) is 13.4. The summed E-state index contributed by atoms with van der Waals surface area (Å²) in [7, 11) is 2.06. The molecule has 0 bridgehead atoms. The fraction of sp³-hybridized carbons (Fsp3) is 0.750. The van der Waals surface area contributed by atoms with Crippen molar-refractivity contribution >= 4 is 16.7 Å². The molecule has 0 radical (unpaired) electrons. The Kier molecular flexibility index (Phi) is 3.03.